The van der Waals surface area contributed by atoms with Crippen LogP contribution in [0, 0.1) is 5.41 Å². The third-order valence-corrected chi connectivity index (χ3v) is 6.76. The second kappa shape index (κ2) is 6.58. The lowest BCUT2D eigenvalue weighted by molar-refractivity contribution is -0.139. The summed E-state index contributed by atoms with van der Waals surface area (Å²) in [6.07, 6.45) is 9.96. The fraction of sp³-hybridized carbons (Fsp3) is 0.667. The molecule has 1 N–H and O–H groups in total. The van der Waals surface area contributed by atoms with Gasteiger partial charge in [0.15, 0.2) is 10.8 Å². The molecule has 7 nitrogen and oxygen atoms in total. The Kier molecular flexibility index (Phi) is 4.53. The average molecular weight is 375 g/mol. The van der Waals surface area contributed by atoms with Gasteiger partial charge in [-0.2, -0.15) is 0 Å². The molecular formula is C18H25N5O2S. The number of rotatable bonds is 3. The van der Waals surface area contributed by atoms with E-state index in [4.69, 9.17) is 0 Å². The molecule has 26 heavy (non-hydrogen) atoms. The van der Waals surface area contributed by atoms with Gasteiger partial charge in [-0.1, -0.05) is 24.6 Å². The van der Waals surface area contributed by atoms with Crippen molar-refractivity contribution in [1.29, 1.82) is 0 Å². The molecule has 0 radical (unpaired) electrons. The van der Waals surface area contributed by atoms with E-state index in [-0.39, 0.29) is 17.5 Å². The Labute approximate surface area is 156 Å². The topological polar surface area (TPSA) is 84.1 Å². The molecule has 4 rings (SSSR count). The zero-order valence-corrected chi connectivity index (χ0v) is 16.1. The molecule has 1 saturated heterocycles. The van der Waals surface area contributed by atoms with Crippen LogP contribution in [0.1, 0.15) is 32.1 Å². The van der Waals surface area contributed by atoms with Gasteiger partial charge < -0.3 is 10.0 Å². The molecule has 0 amide bonds. The van der Waals surface area contributed by atoms with Crippen molar-refractivity contribution in [3.8, 4) is 0 Å². The van der Waals surface area contributed by atoms with Crippen molar-refractivity contribution in [2.24, 2.45) is 5.41 Å². The number of piperidine rings is 1. The molecular weight excluding hydrogens is 350 g/mol. The number of fused-ring (bicyclic) bond motifs is 1. The maximum atomic E-state index is 12.9. The molecule has 8 heteroatoms. The Hall–Kier alpha value is -1.51. The summed E-state index contributed by atoms with van der Waals surface area (Å²) in [5, 5.41) is 12.6. The van der Waals surface area contributed by atoms with Crippen LogP contribution >= 0.6 is 11.8 Å². The second-order valence-electron chi connectivity index (χ2n) is 7.78. The van der Waals surface area contributed by atoms with Gasteiger partial charge in [-0.3, -0.25) is 9.36 Å². The number of nitrogens with zero attached hydrogens (tertiary/aromatic N) is 5. The van der Waals surface area contributed by atoms with E-state index < -0.39 is 5.60 Å². The van der Waals surface area contributed by atoms with Crippen molar-refractivity contribution in [2.45, 2.75) is 49.4 Å². The summed E-state index contributed by atoms with van der Waals surface area (Å²) < 4.78 is 1.55. The van der Waals surface area contributed by atoms with Gasteiger partial charge in [-0.15, -0.1) is 0 Å². The van der Waals surface area contributed by atoms with Crippen molar-refractivity contribution in [3.05, 3.63) is 22.9 Å². The summed E-state index contributed by atoms with van der Waals surface area (Å²) >= 11 is 1.42. The van der Waals surface area contributed by atoms with E-state index in [1.165, 1.54) is 18.1 Å². The van der Waals surface area contributed by atoms with Gasteiger partial charge in [0.1, 0.15) is 11.7 Å². The standard InChI is InChI=1S/C18H25N5O2S/c1-22-8-7-18(25,17(10-22)5-3-4-6-17)11-23-12-20-14-13(15(23)24)9-19-16(21-14)26-2/h9,12,25H,3-8,10-11H2,1-2H3. The lowest BCUT2D eigenvalue weighted by Crippen LogP contribution is -2.60. The summed E-state index contributed by atoms with van der Waals surface area (Å²) in [4.78, 5) is 28.1. The van der Waals surface area contributed by atoms with Gasteiger partial charge in [0.25, 0.3) is 5.56 Å². The van der Waals surface area contributed by atoms with Crippen LogP contribution in [-0.4, -0.2) is 61.5 Å². The first kappa shape index (κ1) is 17.9. The largest absolute Gasteiger partial charge is 0.387 e. The predicted octanol–water partition coefficient (Wildman–Crippen LogP) is 1.54. The van der Waals surface area contributed by atoms with Crippen LogP contribution < -0.4 is 5.56 Å². The SMILES string of the molecule is CSc1ncc2c(=O)n(CC3(O)CCN(C)CC34CCCC4)cnc2n1. The van der Waals surface area contributed by atoms with Gasteiger partial charge in [0.05, 0.1) is 12.1 Å². The Balaban J connectivity index is 1.71. The Morgan fingerprint density at radius 3 is 2.77 bits per heavy atom. The highest BCUT2D eigenvalue weighted by molar-refractivity contribution is 7.98. The molecule has 1 saturated carbocycles. The maximum Gasteiger partial charge on any atom is 0.264 e. The quantitative estimate of drug-likeness (QED) is 0.643. The first-order chi connectivity index (χ1) is 12.5. The summed E-state index contributed by atoms with van der Waals surface area (Å²) in [5.41, 5.74) is -0.775. The van der Waals surface area contributed by atoms with Crippen LogP contribution in [0.15, 0.2) is 22.5 Å². The molecule has 1 aliphatic carbocycles. The second-order valence-corrected chi connectivity index (χ2v) is 8.55. The molecule has 3 heterocycles. The van der Waals surface area contributed by atoms with Gasteiger partial charge >= 0.3 is 0 Å². The minimum absolute atomic E-state index is 0.131. The van der Waals surface area contributed by atoms with Crippen LogP contribution in [0.2, 0.25) is 0 Å². The summed E-state index contributed by atoms with van der Waals surface area (Å²) in [7, 11) is 2.12. The van der Waals surface area contributed by atoms with E-state index in [9.17, 15) is 9.90 Å². The van der Waals surface area contributed by atoms with Crippen molar-refractivity contribution >= 4 is 22.8 Å². The number of hydrogen-bond donors (Lipinski definition) is 1. The van der Waals surface area contributed by atoms with Gasteiger partial charge in [-0.05, 0) is 32.6 Å². The van der Waals surface area contributed by atoms with E-state index in [0.717, 1.165) is 38.8 Å². The smallest absolute Gasteiger partial charge is 0.264 e. The predicted molar refractivity (Wildman–Crippen MR) is 101 cm³/mol. The number of aromatic nitrogens is 4. The van der Waals surface area contributed by atoms with Crippen LogP contribution in [0.3, 0.4) is 0 Å². The number of hydrogen-bond acceptors (Lipinski definition) is 7. The lowest BCUT2D eigenvalue weighted by Gasteiger charge is -2.51. The molecule has 0 bridgehead atoms. The van der Waals surface area contributed by atoms with E-state index in [0.29, 0.717) is 22.6 Å². The summed E-state index contributed by atoms with van der Waals surface area (Å²) in [5.74, 6) is 0. The minimum Gasteiger partial charge on any atom is -0.387 e. The Bertz CT molecular complexity index is 880. The maximum absolute atomic E-state index is 12.9. The highest BCUT2D eigenvalue weighted by atomic mass is 32.2. The van der Waals surface area contributed by atoms with Crippen molar-refractivity contribution in [3.63, 3.8) is 0 Å². The Morgan fingerprint density at radius 1 is 1.27 bits per heavy atom. The van der Waals surface area contributed by atoms with Gasteiger partial charge in [-0.25, -0.2) is 15.0 Å². The molecule has 2 fully saturated rings. The molecule has 1 aliphatic heterocycles. The molecule has 140 valence electrons. The van der Waals surface area contributed by atoms with E-state index in [1.807, 2.05) is 6.26 Å². The summed E-state index contributed by atoms with van der Waals surface area (Å²) in [6, 6.07) is 0. The summed E-state index contributed by atoms with van der Waals surface area (Å²) in [6.45, 7) is 2.01. The number of aliphatic hydroxyl groups is 1. The van der Waals surface area contributed by atoms with Crippen LogP contribution in [0.5, 0.6) is 0 Å². The van der Waals surface area contributed by atoms with Crippen LogP contribution in [-0.2, 0) is 6.54 Å². The van der Waals surface area contributed by atoms with Crippen LogP contribution in [0.25, 0.3) is 11.0 Å². The molecule has 2 aliphatic rings. The molecule has 2 aromatic heterocycles. The van der Waals surface area contributed by atoms with Crippen LogP contribution in [0.4, 0.5) is 0 Å². The fourth-order valence-electron chi connectivity index (χ4n) is 4.74. The van der Waals surface area contributed by atoms with E-state index >= 15 is 0 Å². The average Bonchev–Trinajstić information content (AvgIpc) is 3.11. The molecule has 2 aromatic rings. The normalized spacial score (nSPS) is 26.0. The molecule has 1 atom stereocenters. The highest BCUT2D eigenvalue weighted by Crippen LogP contribution is 2.51. The number of thioether (sulfide) groups is 1. The molecule has 0 aromatic carbocycles. The Morgan fingerprint density at radius 2 is 2.04 bits per heavy atom. The first-order valence-electron chi connectivity index (χ1n) is 9.14. The fourth-order valence-corrected chi connectivity index (χ4v) is 5.07. The van der Waals surface area contributed by atoms with Gasteiger partial charge in [0, 0.05) is 24.7 Å². The van der Waals surface area contributed by atoms with Gasteiger partial charge in [0.2, 0.25) is 0 Å². The third-order valence-electron chi connectivity index (χ3n) is 6.20. The highest BCUT2D eigenvalue weighted by Gasteiger charge is 2.54. The van der Waals surface area contributed by atoms with Crippen molar-refractivity contribution < 1.29 is 5.11 Å². The van der Waals surface area contributed by atoms with Crippen molar-refractivity contribution in [2.75, 3.05) is 26.4 Å². The molecule has 1 unspecified atom stereocenters. The number of likely N-dealkylation sites (tertiary alicyclic amines) is 1. The lowest BCUT2D eigenvalue weighted by atomic mass is 9.66. The third kappa shape index (κ3) is 2.84. The van der Waals surface area contributed by atoms with E-state index in [1.54, 1.807) is 10.8 Å². The van der Waals surface area contributed by atoms with Crippen molar-refractivity contribution in [1.82, 2.24) is 24.4 Å². The monoisotopic (exact) mass is 375 g/mol. The van der Waals surface area contributed by atoms with E-state index in [2.05, 4.69) is 26.9 Å². The minimum atomic E-state index is -0.880. The zero-order valence-electron chi connectivity index (χ0n) is 15.3. The zero-order chi connectivity index (χ0) is 18.4. The first-order valence-corrected chi connectivity index (χ1v) is 10.4. The molecule has 1 spiro atoms.